The van der Waals surface area contributed by atoms with Gasteiger partial charge in [0.1, 0.15) is 4.90 Å². The third-order valence-corrected chi connectivity index (χ3v) is 7.65. The molecule has 25 heavy (non-hydrogen) atoms. The van der Waals surface area contributed by atoms with Gasteiger partial charge in [-0.3, -0.25) is 4.31 Å². The molecule has 0 bridgehead atoms. The zero-order valence-electron chi connectivity index (χ0n) is 13.8. The van der Waals surface area contributed by atoms with Crippen molar-refractivity contribution in [1.82, 2.24) is 5.32 Å². The molecule has 0 amide bonds. The molecule has 2 aliphatic heterocycles. The summed E-state index contributed by atoms with van der Waals surface area (Å²) in [6, 6.07) is 13.0. The Kier molecular flexibility index (Phi) is 4.47. The second kappa shape index (κ2) is 6.63. The van der Waals surface area contributed by atoms with Gasteiger partial charge in [-0.05, 0) is 46.6 Å². The summed E-state index contributed by atoms with van der Waals surface area (Å²) in [5.41, 5.74) is 3.12. The highest BCUT2D eigenvalue weighted by Gasteiger charge is 2.34. The van der Waals surface area contributed by atoms with Gasteiger partial charge in [0.15, 0.2) is 0 Å². The molecule has 1 N–H and O–H groups in total. The number of nitrogens with zero attached hydrogens (tertiary/aromatic N) is 2. The lowest BCUT2D eigenvalue weighted by Crippen LogP contribution is -2.43. The molecule has 0 aromatic heterocycles. The average Bonchev–Trinajstić information content (AvgIpc) is 3.07. The Morgan fingerprint density at radius 1 is 0.920 bits per heavy atom. The highest BCUT2D eigenvalue weighted by atomic mass is 79.9. The summed E-state index contributed by atoms with van der Waals surface area (Å²) in [5, 5.41) is 3.36. The van der Waals surface area contributed by atoms with Gasteiger partial charge in [-0.1, -0.05) is 18.2 Å². The number of nitrogens with one attached hydrogen (secondary N) is 1. The van der Waals surface area contributed by atoms with E-state index in [0.29, 0.717) is 15.9 Å². The smallest absolute Gasteiger partial charge is 0.265 e. The second-order valence-electron chi connectivity index (χ2n) is 6.27. The summed E-state index contributed by atoms with van der Waals surface area (Å²) in [6.07, 6.45) is 0.749. The van der Waals surface area contributed by atoms with Crippen LogP contribution in [0, 0.1) is 0 Å². The lowest BCUT2D eigenvalue weighted by Gasteiger charge is -2.31. The summed E-state index contributed by atoms with van der Waals surface area (Å²) in [5.74, 6) is 0. The van der Waals surface area contributed by atoms with E-state index in [1.165, 1.54) is 5.69 Å². The van der Waals surface area contributed by atoms with E-state index in [9.17, 15) is 8.42 Å². The SMILES string of the molecule is O=S(=O)(c1ccccc1Br)N1CCc2c(N3CCNCC3)cccc21. The van der Waals surface area contributed by atoms with E-state index in [1.54, 1.807) is 22.5 Å². The van der Waals surface area contributed by atoms with Gasteiger partial charge in [-0.25, -0.2) is 8.42 Å². The fraction of sp³-hybridized carbons (Fsp3) is 0.333. The summed E-state index contributed by atoms with van der Waals surface area (Å²) in [4.78, 5) is 2.67. The number of piperazine rings is 1. The van der Waals surface area contributed by atoms with Gasteiger partial charge in [-0.2, -0.15) is 0 Å². The highest BCUT2D eigenvalue weighted by molar-refractivity contribution is 9.10. The van der Waals surface area contributed by atoms with E-state index in [4.69, 9.17) is 0 Å². The van der Waals surface area contributed by atoms with Crippen molar-refractivity contribution in [3.8, 4) is 0 Å². The van der Waals surface area contributed by atoms with Crippen LogP contribution in [0.15, 0.2) is 51.8 Å². The van der Waals surface area contributed by atoms with Crippen LogP contribution in [0.2, 0.25) is 0 Å². The van der Waals surface area contributed by atoms with Crippen molar-refractivity contribution >= 4 is 37.3 Å². The normalized spacial score (nSPS) is 17.6. The molecule has 0 aliphatic carbocycles. The molecule has 0 radical (unpaired) electrons. The number of hydrogen-bond donors (Lipinski definition) is 1. The lowest BCUT2D eigenvalue weighted by atomic mass is 10.1. The maximum Gasteiger partial charge on any atom is 0.265 e. The first-order valence-corrected chi connectivity index (χ1v) is 10.7. The van der Waals surface area contributed by atoms with Crippen molar-refractivity contribution in [1.29, 1.82) is 0 Å². The van der Waals surface area contributed by atoms with E-state index in [0.717, 1.165) is 43.9 Å². The molecule has 5 nitrogen and oxygen atoms in total. The number of sulfonamides is 1. The molecule has 0 atom stereocenters. The standard InChI is InChI=1S/C18H20BrN3O2S/c19-15-4-1-2-7-18(15)25(23,24)22-11-8-14-16(5-3-6-17(14)22)21-12-9-20-10-13-21/h1-7,20H,8-13H2. The number of fused-ring (bicyclic) bond motifs is 1. The first-order chi connectivity index (χ1) is 12.1. The van der Waals surface area contributed by atoms with Crippen LogP contribution < -0.4 is 14.5 Å². The van der Waals surface area contributed by atoms with Crippen LogP contribution in [-0.4, -0.2) is 41.1 Å². The van der Waals surface area contributed by atoms with Crippen LogP contribution >= 0.6 is 15.9 Å². The molecule has 132 valence electrons. The average molecular weight is 422 g/mol. The quantitative estimate of drug-likeness (QED) is 0.827. The molecule has 2 aromatic carbocycles. The van der Waals surface area contributed by atoms with Crippen LogP contribution in [-0.2, 0) is 16.4 Å². The maximum atomic E-state index is 13.2. The van der Waals surface area contributed by atoms with Crippen LogP contribution in [0.25, 0.3) is 0 Å². The minimum absolute atomic E-state index is 0.315. The molecule has 2 aliphatic rings. The minimum atomic E-state index is -3.57. The van der Waals surface area contributed by atoms with Gasteiger partial charge < -0.3 is 10.2 Å². The van der Waals surface area contributed by atoms with E-state index in [2.05, 4.69) is 32.2 Å². The van der Waals surface area contributed by atoms with Crippen molar-refractivity contribution in [2.75, 3.05) is 41.9 Å². The second-order valence-corrected chi connectivity index (χ2v) is 8.95. The van der Waals surface area contributed by atoms with E-state index in [1.807, 2.05) is 18.2 Å². The lowest BCUT2D eigenvalue weighted by molar-refractivity contribution is 0.588. The maximum absolute atomic E-state index is 13.2. The topological polar surface area (TPSA) is 52.7 Å². The van der Waals surface area contributed by atoms with Crippen molar-refractivity contribution < 1.29 is 8.42 Å². The molecule has 0 spiro atoms. The minimum Gasteiger partial charge on any atom is -0.369 e. The Hall–Kier alpha value is -1.57. The van der Waals surface area contributed by atoms with Gasteiger partial charge >= 0.3 is 0 Å². The van der Waals surface area contributed by atoms with Crippen LogP contribution in [0.5, 0.6) is 0 Å². The Morgan fingerprint density at radius 2 is 1.64 bits per heavy atom. The van der Waals surface area contributed by atoms with Crippen LogP contribution in [0.1, 0.15) is 5.56 Å². The summed E-state index contributed by atoms with van der Waals surface area (Å²) < 4.78 is 28.5. The number of anilines is 2. The van der Waals surface area contributed by atoms with Gasteiger partial charge in [-0.15, -0.1) is 0 Å². The number of halogens is 1. The molecule has 1 fully saturated rings. The predicted molar refractivity (Wildman–Crippen MR) is 104 cm³/mol. The Balaban J connectivity index is 1.74. The predicted octanol–water partition coefficient (Wildman–Crippen LogP) is 2.61. The molecule has 0 unspecified atom stereocenters. The molecule has 2 aromatic rings. The first kappa shape index (κ1) is 16.9. The van der Waals surface area contributed by atoms with Crippen LogP contribution in [0.4, 0.5) is 11.4 Å². The third kappa shape index (κ3) is 2.94. The van der Waals surface area contributed by atoms with Gasteiger partial charge in [0.25, 0.3) is 10.0 Å². The van der Waals surface area contributed by atoms with E-state index >= 15 is 0 Å². The van der Waals surface area contributed by atoms with Gasteiger partial charge in [0, 0.05) is 48.4 Å². The summed E-state index contributed by atoms with van der Waals surface area (Å²) >= 11 is 3.38. The number of hydrogen-bond acceptors (Lipinski definition) is 4. The van der Waals surface area contributed by atoms with Gasteiger partial charge in [0.2, 0.25) is 0 Å². The van der Waals surface area contributed by atoms with Crippen molar-refractivity contribution in [2.45, 2.75) is 11.3 Å². The zero-order valence-corrected chi connectivity index (χ0v) is 16.2. The van der Waals surface area contributed by atoms with Gasteiger partial charge in [0.05, 0.1) is 5.69 Å². The fourth-order valence-electron chi connectivity index (χ4n) is 3.61. The van der Waals surface area contributed by atoms with Crippen molar-refractivity contribution in [3.05, 3.63) is 52.5 Å². The molecule has 4 rings (SSSR count). The molecule has 0 saturated carbocycles. The van der Waals surface area contributed by atoms with E-state index in [-0.39, 0.29) is 0 Å². The molecular weight excluding hydrogens is 402 g/mol. The summed E-state index contributed by atoms with van der Waals surface area (Å²) in [6.45, 7) is 4.31. The number of benzene rings is 2. The molecule has 7 heteroatoms. The van der Waals surface area contributed by atoms with Crippen molar-refractivity contribution in [3.63, 3.8) is 0 Å². The number of rotatable bonds is 3. The highest BCUT2D eigenvalue weighted by Crippen LogP contribution is 2.39. The third-order valence-electron chi connectivity index (χ3n) is 4.82. The Morgan fingerprint density at radius 3 is 2.40 bits per heavy atom. The fourth-order valence-corrected chi connectivity index (χ4v) is 6.07. The first-order valence-electron chi connectivity index (χ1n) is 8.44. The monoisotopic (exact) mass is 421 g/mol. The van der Waals surface area contributed by atoms with Crippen molar-refractivity contribution in [2.24, 2.45) is 0 Å². The zero-order chi connectivity index (χ0) is 17.4. The summed E-state index contributed by atoms with van der Waals surface area (Å²) in [7, 11) is -3.57. The molecular formula is C18H20BrN3O2S. The molecule has 1 saturated heterocycles. The Bertz CT molecular complexity index is 895. The Labute approximate surface area is 156 Å². The molecule has 2 heterocycles. The van der Waals surface area contributed by atoms with Crippen LogP contribution in [0.3, 0.4) is 0 Å². The largest absolute Gasteiger partial charge is 0.369 e. The van der Waals surface area contributed by atoms with E-state index < -0.39 is 10.0 Å².